The molecule has 0 aliphatic rings. The van der Waals surface area contributed by atoms with Crippen molar-refractivity contribution in [3.8, 4) is 0 Å². The van der Waals surface area contributed by atoms with E-state index in [9.17, 15) is 4.79 Å². The van der Waals surface area contributed by atoms with E-state index in [-0.39, 0.29) is 5.91 Å². The summed E-state index contributed by atoms with van der Waals surface area (Å²) in [4.78, 5) is 16.0. The molecule has 0 aliphatic carbocycles. The third-order valence-corrected chi connectivity index (χ3v) is 3.97. The van der Waals surface area contributed by atoms with Crippen molar-refractivity contribution in [2.75, 3.05) is 14.1 Å². The summed E-state index contributed by atoms with van der Waals surface area (Å²) < 4.78 is 0. The lowest BCUT2D eigenvalue weighted by molar-refractivity contribution is 0.0963. The molecular formula is C19H32N4O. The summed E-state index contributed by atoms with van der Waals surface area (Å²) in [6.07, 6.45) is 6.25. The second-order valence-electron chi connectivity index (χ2n) is 6.10. The molecule has 0 saturated carbocycles. The van der Waals surface area contributed by atoms with Crippen LogP contribution in [-0.4, -0.2) is 32.0 Å². The van der Waals surface area contributed by atoms with Crippen LogP contribution in [0.25, 0.3) is 0 Å². The summed E-state index contributed by atoms with van der Waals surface area (Å²) in [5.74, 6) is 0.725. The van der Waals surface area contributed by atoms with Crippen LogP contribution in [0.3, 0.4) is 0 Å². The minimum absolute atomic E-state index is 0.0694. The van der Waals surface area contributed by atoms with E-state index in [0.29, 0.717) is 18.2 Å². The van der Waals surface area contributed by atoms with E-state index in [1.54, 1.807) is 14.1 Å². The van der Waals surface area contributed by atoms with Gasteiger partial charge in [0, 0.05) is 32.2 Å². The predicted molar refractivity (Wildman–Crippen MR) is 101 cm³/mol. The van der Waals surface area contributed by atoms with E-state index in [1.807, 2.05) is 24.3 Å². The van der Waals surface area contributed by atoms with Crippen LogP contribution in [0.2, 0.25) is 0 Å². The molecule has 0 radical (unpaired) electrons. The molecule has 0 saturated heterocycles. The maximum atomic E-state index is 11.7. The SMILES string of the molecule is CCCCCCC(C)NC(=NC)NCc1cccc(C(=O)NC)c1. The summed E-state index contributed by atoms with van der Waals surface area (Å²) in [5.41, 5.74) is 1.72. The summed E-state index contributed by atoms with van der Waals surface area (Å²) in [6.45, 7) is 5.05. The highest BCUT2D eigenvalue weighted by atomic mass is 16.1. The third kappa shape index (κ3) is 7.49. The molecule has 1 unspecified atom stereocenters. The van der Waals surface area contributed by atoms with E-state index in [1.165, 1.54) is 25.7 Å². The number of guanidine groups is 1. The summed E-state index contributed by atoms with van der Waals surface area (Å²) >= 11 is 0. The average Bonchev–Trinajstić information content (AvgIpc) is 2.61. The average molecular weight is 332 g/mol. The lowest BCUT2D eigenvalue weighted by Gasteiger charge is -2.18. The highest BCUT2D eigenvalue weighted by molar-refractivity contribution is 5.94. The van der Waals surface area contributed by atoms with Crippen molar-refractivity contribution in [2.24, 2.45) is 4.99 Å². The van der Waals surface area contributed by atoms with Gasteiger partial charge in [0.2, 0.25) is 0 Å². The Morgan fingerprint density at radius 3 is 2.71 bits per heavy atom. The van der Waals surface area contributed by atoms with Crippen molar-refractivity contribution >= 4 is 11.9 Å². The van der Waals surface area contributed by atoms with E-state index < -0.39 is 0 Å². The van der Waals surface area contributed by atoms with Crippen LogP contribution in [-0.2, 0) is 6.54 Å². The number of hydrogen-bond donors (Lipinski definition) is 3. The van der Waals surface area contributed by atoms with Gasteiger partial charge in [-0.1, -0.05) is 44.7 Å². The molecule has 24 heavy (non-hydrogen) atoms. The van der Waals surface area contributed by atoms with Gasteiger partial charge in [-0.05, 0) is 31.0 Å². The van der Waals surface area contributed by atoms with Gasteiger partial charge in [-0.25, -0.2) is 0 Å². The summed E-state index contributed by atoms with van der Waals surface area (Å²) in [5, 5.41) is 9.38. The lowest BCUT2D eigenvalue weighted by atomic mass is 10.1. The number of hydrogen-bond acceptors (Lipinski definition) is 2. The quantitative estimate of drug-likeness (QED) is 0.370. The topological polar surface area (TPSA) is 65.5 Å². The van der Waals surface area contributed by atoms with Gasteiger partial charge < -0.3 is 16.0 Å². The number of carbonyl (C=O) groups is 1. The molecule has 1 atom stereocenters. The van der Waals surface area contributed by atoms with Gasteiger partial charge in [-0.3, -0.25) is 9.79 Å². The number of benzene rings is 1. The van der Waals surface area contributed by atoms with Crippen molar-refractivity contribution in [3.05, 3.63) is 35.4 Å². The van der Waals surface area contributed by atoms with Gasteiger partial charge in [0.1, 0.15) is 0 Å². The number of nitrogens with zero attached hydrogens (tertiary/aromatic N) is 1. The fourth-order valence-corrected chi connectivity index (χ4v) is 2.53. The van der Waals surface area contributed by atoms with Crippen molar-refractivity contribution in [1.82, 2.24) is 16.0 Å². The molecule has 0 fully saturated rings. The Morgan fingerprint density at radius 2 is 2.04 bits per heavy atom. The Hall–Kier alpha value is -2.04. The molecule has 1 aromatic carbocycles. The molecular weight excluding hydrogens is 300 g/mol. The highest BCUT2D eigenvalue weighted by Gasteiger charge is 2.07. The van der Waals surface area contributed by atoms with Crippen molar-refractivity contribution < 1.29 is 4.79 Å². The molecule has 1 rings (SSSR count). The smallest absolute Gasteiger partial charge is 0.251 e. The molecule has 3 N–H and O–H groups in total. The van der Waals surface area contributed by atoms with E-state index in [2.05, 4.69) is 34.8 Å². The second-order valence-corrected chi connectivity index (χ2v) is 6.10. The van der Waals surface area contributed by atoms with E-state index in [4.69, 9.17) is 0 Å². The fourth-order valence-electron chi connectivity index (χ4n) is 2.53. The van der Waals surface area contributed by atoms with Gasteiger partial charge in [0.05, 0.1) is 0 Å². The van der Waals surface area contributed by atoms with Gasteiger partial charge in [-0.15, -0.1) is 0 Å². The molecule has 5 nitrogen and oxygen atoms in total. The van der Waals surface area contributed by atoms with Crippen molar-refractivity contribution in [1.29, 1.82) is 0 Å². The Morgan fingerprint density at radius 1 is 1.25 bits per heavy atom. The van der Waals surface area contributed by atoms with Crippen molar-refractivity contribution in [3.63, 3.8) is 0 Å². The first-order valence-corrected chi connectivity index (χ1v) is 8.88. The van der Waals surface area contributed by atoms with Crippen molar-refractivity contribution in [2.45, 2.75) is 58.5 Å². The zero-order valence-corrected chi connectivity index (χ0v) is 15.5. The normalized spacial score (nSPS) is 12.6. The Kier molecular flexibility index (Phi) is 9.58. The van der Waals surface area contributed by atoms with Crippen LogP contribution in [0.15, 0.2) is 29.3 Å². The Labute approximate surface area is 146 Å². The molecule has 1 aromatic rings. The molecule has 0 bridgehead atoms. The standard InChI is InChI=1S/C19H32N4O/c1-5-6-7-8-10-15(2)23-19(21-4)22-14-16-11-9-12-17(13-16)18(24)20-3/h9,11-13,15H,5-8,10,14H2,1-4H3,(H,20,24)(H2,21,22,23). The second kappa shape index (κ2) is 11.5. The summed E-state index contributed by atoms with van der Waals surface area (Å²) in [7, 11) is 3.42. The number of carbonyl (C=O) groups excluding carboxylic acids is 1. The molecule has 0 heterocycles. The molecule has 1 amide bonds. The van der Waals surface area contributed by atoms with Crippen LogP contribution < -0.4 is 16.0 Å². The number of amides is 1. The number of rotatable bonds is 9. The molecule has 134 valence electrons. The number of unbranched alkanes of at least 4 members (excludes halogenated alkanes) is 3. The maximum absolute atomic E-state index is 11.7. The largest absolute Gasteiger partial charge is 0.355 e. The molecule has 0 spiro atoms. The third-order valence-electron chi connectivity index (χ3n) is 3.97. The monoisotopic (exact) mass is 332 g/mol. The van der Waals surface area contributed by atoms with Gasteiger partial charge >= 0.3 is 0 Å². The Bertz CT molecular complexity index is 528. The number of aliphatic imine (C=N–C) groups is 1. The Balaban J connectivity index is 2.45. The van der Waals surface area contributed by atoms with Crippen LogP contribution in [0, 0.1) is 0 Å². The minimum atomic E-state index is -0.0694. The molecule has 0 aromatic heterocycles. The minimum Gasteiger partial charge on any atom is -0.355 e. The first-order chi connectivity index (χ1) is 11.6. The zero-order chi connectivity index (χ0) is 17.8. The maximum Gasteiger partial charge on any atom is 0.251 e. The van der Waals surface area contributed by atoms with Gasteiger partial charge in [0.25, 0.3) is 5.91 Å². The predicted octanol–water partition coefficient (Wildman–Crippen LogP) is 3.07. The van der Waals surface area contributed by atoms with E-state index in [0.717, 1.165) is 17.9 Å². The lowest BCUT2D eigenvalue weighted by Crippen LogP contribution is -2.41. The van der Waals surface area contributed by atoms with Crippen LogP contribution in [0.1, 0.15) is 61.9 Å². The van der Waals surface area contributed by atoms with Crippen LogP contribution in [0.4, 0.5) is 0 Å². The summed E-state index contributed by atoms with van der Waals surface area (Å²) in [6, 6.07) is 8.00. The van der Waals surface area contributed by atoms with Gasteiger partial charge in [0.15, 0.2) is 5.96 Å². The van der Waals surface area contributed by atoms with Crippen LogP contribution in [0.5, 0.6) is 0 Å². The molecule has 0 aliphatic heterocycles. The van der Waals surface area contributed by atoms with Crippen LogP contribution >= 0.6 is 0 Å². The van der Waals surface area contributed by atoms with E-state index >= 15 is 0 Å². The number of nitrogens with one attached hydrogen (secondary N) is 3. The molecule has 5 heteroatoms. The zero-order valence-electron chi connectivity index (χ0n) is 15.5. The fraction of sp³-hybridized carbons (Fsp3) is 0.579. The van der Waals surface area contributed by atoms with Gasteiger partial charge in [-0.2, -0.15) is 0 Å². The first-order valence-electron chi connectivity index (χ1n) is 8.88. The first kappa shape index (κ1) is 20.0. The highest BCUT2D eigenvalue weighted by Crippen LogP contribution is 2.06.